The standard InChI is InChI=1S/C20H21FN4O3S/c1-13-23-24(11-18(27)12-28-19-8-6-15(21)7-9-19)20(29)25(13)17-5-3-4-16(10-17)22-14(2)26/h3-10,18,27H,11-12H2,1-2H3,(H,22,26). The van der Waals surface area contributed by atoms with Gasteiger partial charge in [-0.1, -0.05) is 6.07 Å². The van der Waals surface area contributed by atoms with E-state index in [1.807, 2.05) is 12.1 Å². The van der Waals surface area contributed by atoms with E-state index < -0.39 is 6.10 Å². The number of amides is 1. The minimum atomic E-state index is -0.861. The van der Waals surface area contributed by atoms with Gasteiger partial charge in [0.1, 0.15) is 30.1 Å². The molecule has 7 nitrogen and oxygen atoms in total. The zero-order chi connectivity index (χ0) is 21.0. The van der Waals surface area contributed by atoms with Crippen molar-refractivity contribution >= 4 is 23.8 Å². The lowest BCUT2D eigenvalue weighted by molar-refractivity contribution is -0.114. The summed E-state index contributed by atoms with van der Waals surface area (Å²) in [6, 6.07) is 12.8. The Kier molecular flexibility index (Phi) is 6.40. The van der Waals surface area contributed by atoms with Crippen LogP contribution in [0.15, 0.2) is 48.5 Å². The molecule has 1 unspecified atom stereocenters. The van der Waals surface area contributed by atoms with Crippen molar-refractivity contribution < 1.29 is 19.0 Å². The van der Waals surface area contributed by atoms with Crippen LogP contribution in [0.3, 0.4) is 0 Å². The Morgan fingerprint density at radius 2 is 2.03 bits per heavy atom. The number of aromatic nitrogens is 3. The molecule has 2 aromatic carbocycles. The van der Waals surface area contributed by atoms with Crippen molar-refractivity contribution in [2.75, 3.05) is 11.9 Å². The fourth-order valence-corrected chi connectivity index (χ4v) is 3.19. The molecule has 0 fully saturated rings. The van der Waals surface area contributed by atoms with Gasteiger partial charge in [0.2, 0.25) is 10.7 Å². The SMILES string of the molecule is CC(=O)Nc1cccc(-n2c(C)nn(CC(O)COc3ccc(F)cc3)c2=S)c1. The van der Waals surface area contributed by atoms with Crippen molar-refractivity contribution in [3.63, 3.8) is 0 Å². The Labute approximate surface area is 172 Å². The quantitative estimate of drug-likeness (QED) is 0.578. The molecule has 0 aliphatic heterocycles. The summed E-state index contributed by atoms with van der Waals surface area (Å²) in [5.41, 5.74) is 1.40. The second-order valence-corrected chi connectivity index (χ2v) is 6.86. The molecular formula is C20H21FN4O3S. The summed E-state index contributed by atoms with van der Waals surface area (Å²) in [4.78, 5) is 11.3. The van der Waals surface area contributed by atoms with Gasteiger partial charge in [0, 0.05) is 12.6 Å². The summed E-state index contributed by atoms with van der Waals surface area (Å²) < 4.78 is 22.1. The smallest absolute Gasteiger partial charge is 0.221 e. The number of hydrogen-bond acceptors (Lipinski definition) is 5. The number of carbonyl (C=O) groups excluding carboxylic acids is 1. The van der Waals surface area contributed by atoms with E-state index in [1.165, 1.54) is 35.9 Å². The summed E-state index contributed by atoms with van der Waals surface area (Å²) in [6.45, 7) is 3.40. The van der Waals surface area contributed by atoms with Crippen LogP contribution in [0.25, 0.3) is 5.69 Å². The van der Waals surface area contributed by atoms with Crippen LogP contribution in [0.5, 0.6) is 5.75 Å². The molecule has 29 heavy (non-hydrogen) atoms. The van der Waals surface area contributed by atoms with E-state index in [0.717, 1.165) is 5.69 Å². The van der Waals surface area contributed by atoms with Crippen molar-refractivity contribution in [3.05, 3.63) is 64.9 Å². The van der Waals surface area contributed by atoms with Crippen LogP contribution in [-0.4, -0.2) is 38.1 Å². The summed E-state index contributed by atoms with van der Waals surface area (Å²) in [5.74, 6) is 0.586. The van der Waals surface area contributed by atoms with Crippen LogP contribution in [0.2, 0.25) is 0 Å². The number of aliphatic hydroxyl groups excluding tert-OH is 1. The fourth-order valence-electron chi connectivity index (χ4n) is 2.83. The average molecular weight is 416 g/mol. The maximum absolute atomic E-state index is 12.9. The lowest BCUT2D eigenvalue weighted by atomic mass is 10.2. The molecule has 1 amide bonds. The zero-order valence-electron chi connectivity index (χ0n) is 16.0. The van der Waals surface area contributed by atoms with Gasteiger partial charge in [0.25, 0.3) is 0 Å². The molecule has 0 saturated carbocycles. The average Bonchev–Trinajstić information content (AvgIpc) is 2.94. The molecule has 152 valence electrons. The molecule has 3 aromatic rings. The number of benzene rings is 2. The fraction of sp³-hybridized carbons (Fsp3) is 0.250. The van der Waals surface area contributed by atoms with Gasteiger partial charge in [-0.05, 0) is 61.6 Å². The Balaban J connectivity index is 1.73. The number of ether oxygens (including phenoxy) is 1. The molecule has 1 heterocycles. The third kappa shape index (κ3) is 5.27. The Bertz CT molecular complexity index is 1060. The van der Waals surface area contributed by atoms with Crippen molar-refractivity contribution in [3.8, 4) is 11.4 Å². The van der Waals surface area contributed by atoms with Crippen molar-refractivity contribution in [1.82, 2.24) is 14.3 Å². The highest BCUT2D eigenvalue weighted by atomic mass is 32.1. The molecule has 1 aromatic heterocycles. The Morgan fingerprint density at radius 3 is 2.72 bits per heavy atom. The van der Waals surface area contributed by atoms with E-state index in [2.05, 4.69) is 10.4 Å². The van der Waals surface area contributed by atoms with Crippen LogP contribution in [0, 0.1) is 17.5 Å². The van der Waals surface area contributed by atoms with Crippen molar-refractivity contribution in [2.45, 2.75) is 26.5 Å². The van der Waals surface area contributed by atoms with E-state index in [-0.39, 0.29) is 24.9 Å². The number of carbonyl (C=O) groups is 1. The summed E-state index contributed by atoms with van der Waals surface area (Å²) in [6.07, 6.45) is -0.861. The van der Waals surface area contributed by atoms with Gasteiger partial charge in [0.05, 0.1) is 12.2 Å². The minimum Gasteiger partial charge on any atom is -0.491 e. The molecule has 3 rings (SSSR count). The number of rotatable bonds is 7. The van der Waals surface area contributed by atoms with Crippen molar-refractivity contribution in [2.24, 2.45) is 0 Å². The van der Waals surface area contributed by atoms with E-state index in [1.54, 1.807) is 23.6 Å². The molecule has 0 radical (unpaired) electrons. The molecule has 9 heteroatoms. The van der Waals surface area contributed by atoms with E-state index >= 15 is 0 Å². The molecular weight excluding hydrogens is 395 g/mol. The van der Waals surface area contributed by atoms with E-state index in [0.29, 0.717) is 22.0 Å². The number of nitrogens with zero attached hydrogens (tertiary/aromatic N) is 3. The zero-order valence-corrected chi connectivity index (χ0v) is 16.8. The van der Waals surface area contributed by atoms with Crippen LogP contribution < -0.4 is 10.1 Å². The lowest BCUT2D eigenvalue weighted by Crippen LogP contribution is -2.24. The molecule has 0 aliphatic rings. The van der Waals surface area contributed by atoms with Gasteiger partial charge >= 0.3 is 0 Å². The number of aliphatic hydroxyl groups is 1. The van der Waals surface area contributed by atoms with Crippen LogP contribution in [0.4, 0.5) is 10.1 Å². The van der Waals surface area contributed by atoms with Gasteiger partial charge in [-0.2, -0.15) is 5.10 Å². The van der Waals surface area contributed by atoms with Gasteiger partial charge in [-0.15, -0.1) is 0 Å². The molecule has 0 aliphatic carbocycles. The topological polar surface area (TPSA) is 81.3 Å². The first-order valence-corrected chi connectivity index (χ1v) is 9.35. The first-order valence-electron chi connectivity index (χ1n) is 8.94. The predicted molar refractivity (Wildman–Crippen MR) is 109 cm³/mol. The van der Waals surface area contributed by atoms with Gasteiger partial charge in [0.15, 0.2) is 0 Å². The summed E-state index contributed by atoms with van der Waals surface area (Å²) in [7, 11) is 0. The van der Waals surface area contributed by atoms with Crippen LogP contribution in [0.1, 0.15) is 12.7 Å². The monoisotopic (exact) mass is 416 g/mol. The number of hydrogen-bond donors (Lipinski definition) is 2. The first-order chi connectivity index (χ1) is 13.8. The maximum Gasteiger partial charge on any atom is 0.221 e. The minimum absolute atomic E-state index is 0.0112. The maximum atomic E-state index is 12.9. The summed E-state index contributed by atoms with van der Waals surface area (Å²) in [5, 5.41) is 17.4. The normalized spacial score (nSPS) is 11.9. The second kappa shape index (κ2) is 8.97. The molecule has 2 N–H and O–H groups in total. The largest absolute Gasteiger partial charge is 0.491 e. The lowest BCUT2D eigenvalue weighted by Gasteiger charge is -2.12. The highest BCUT2D eigenvalue weighted by Gasteiger charge is 2.14. The van der Waals surface area contributed by atoms with Gasteiger partial charge in [-0.25, -0.2) is 9.07 Å². The molecule has 0 bridgehead atoms. The number of halogens is 1. The Hall–Kier alpha value is -3.04. The molecule has 0 saturated heterocycles. The predicted octanol–water partition coefficient (Wildman–Crippen LogP) is 3.25. The third-order valence-corrected chi connectivity index (χ3v) is 4.46. The van der Waals surface area contributed by atoms with E-state index in [4.69, 9.17) is 17.0 Å². The summed E-state index contributed by atoms with van der Waals surface area (Å²) >= 11 is 5.52. The Morgan fingerprint density at radius 1 is 1.31 bits per heavy atom. The first kappa shape index (κ1) is 20.7. The second-order valence-electron chi connectivity index (χ2n) is 6.50. The molecule has 0 spiro atoms. The number of nitrogens with one attached hydrogen (secondary N) is 1. The van der Waals surface area contributed by atoms with Crippen LogP contribution >= 0.6 is 12.2 Å². The van der Waals surface area contributed by atoms with Gasteiger partial charge in [-0.3, -0.25) is 9.36 Å². The highest BCUT2D eigenvalue weighted by Crippen LogP contribution is 2.18. The van der Waals surface area contributed by atoms with E-state index in [9.17, 15) is 14.3 Å². The van der Waals surface area contributed by atoms with Crippen LogP contribution in [-0.2, 0) is 11.3 Å². The van der Waals surface area contributed by atoms with Gasteiger partial charge < -0.3 is 15.2 Å². The number of anilines is 1. The molecule has 1 atom stereocenters. The van der Waals surface area contributed by atoms with Crippen molar-refractivity contribution in [1.29, 1.82) is 0 Å². The highest BCUT2D eigenvalue weighted by molar-refractivity contribution is 7.71. The third-order valence-electron chi connectivity index (χ3n) is 4.07. The number of aryl methyl sites for hydroxylation is 1.